The first-order valence-electron chi connectivity index (χ1n) is 12.3. The summed E-state index contributed by atoms with van der Waals surface area (Å²) in [6.45, 7) is 5.12. The zero-order valence-electron chi connectivity index (χ0n) is 20.8. The summed E-state index contributed by atoms with van der Waals surface area (Å²) in [6.07, 6.45) is 0. The van der Waals surface area contributed by atoms with Crippen LogP contribution in [0.5, 0.6) is 0 Å². The minimum Gasteiger partial charge on any atom is -0.392 e. The molecule has 0 saturated carbocycles. The highest BCUT2D eigenvalue weighted by Crippen LogP contribution is 2.27. The van der Waals surface area contributed by atoms with Crippen LogP contribution in [0.3, 0.4) is 0 Å². The number of anilines is 2. The lowest BCUT2D eigenvalue weighted by molar-refractivity contribution is 0.252. The summed E-state index contributed by atoms with van der Waals surface area (Å²) in [5.74, 6) is 0. The van der Waals surface area contributed by atoms with Crippen molar-refractivity contribution in [3.8, 4) is 22.3 Å². The number of rotatable bonds is 8. The maximum absolute atomic E-state index is 13.6. The first-order chi connectivity index (χ1) is 17.6. The Balaban J connectivity index is 1.51. The number of aliphatic hydroxyl groups excluding tert-OH is 2. The monoisotopic (exact) mass is 480 g/mol. The molecule has 36 heavy (non-hydrogen) atoms. The molecule has 0 unspecified atom stereocenters. The van der Waals surface area contributed by atoms with Gasteiger partial charge in [-0.15, -0.1) is 0 Å². The highest BCUT2D eigenvalue weighted by Gasteiger charge is 2.21. The fraction of sp³-hybridized carbons (Fsp3) is 0.194. The number of hydrogen-bond donors (Lipinski definition) is 2. The van der Waals surface area contributed by atoms with Gasteiger partial charge in [-0.3, -0.25) is 9.80 Å². The van der Waals surface area contributed by atoms with Gasteiger partial charge in [0.2, 0.25) is 0 Å². The summed E-state index contributed by atoms with van der Waals surface area (Å²) in [5, 5.41) is 18.5. The summed E-state index contributed by atoms with van der Waals surface area (Å²) < 4.78 is 0. The second-order valence-corrected chi connectivity index (χ2v) is 8.57. The molecular formula is C31H32N2O3. The number of carbonyl (C=O) groups is 1. The molecular weight excluding hydrogens is 448 g/mol. The van der Waals surface area contributed by atoms with Gasteiger partial charge < -0.3 is 10.2 Å². The number of urea groups is 1. The second kappa shape index (κ2) is 11.7. The molecule has 4 rings (SSSR count). The molecule has 2 N–H and O–H groups in total. The van der Waals surface area contributed by atoms with E-state index in [1.54, 1.807) is 9.80 Å². The van der Waals surface area contributed by atoms with E-state index in [2.05, 4.69) is 0 Å². The van der Waals surface area contributed by atoms with Crippen molar-refractivity contribution in [2.24, 2.45) is 0 Å². The smallest absolute Gasteiger partial charge is 0.328 e. The van der Waals surface area contributed by atoms with Gasteiger partial charge in [0.15, 0.2) is 0 Å². The highest BCUT2D eigenvalue weighted by atomic mass is 16.3. The third-order valence-corrected chi connectivity index (χ3v) is 6.39. The van der Waals surface area contributed by atoms with Gasteiger partial charge in [0.25, 0.3) is 0 Å². The van der Waals surface area contributed by atoms with E-state index in [1.165, 1.54) is 0 Å². The summed E-state index contributed by atoms with van der Waals surface area (Å²) in [7, 11) is 0. The van der Waals surface area contributed by atoms with Crippen LogP contribution >= 0.6 is 0 Å². The molecule has 0 saturated heterocycles. The Morgan fingerprint density at radius 2 is 0.806 bits per heavy atom. The molecule has 0 radical (unpaired) electrons. The normalized spacial score (nSPS) is 10.8. The summed E-state index contributed by atoms with van der Waals surface area (Å²) in [4.78, 5) is 17.1. The number of benzene rings is 4. The molecule has 184 valence electrons. The van der Waals surface area contributed by atoms with Crippen LogP contribution in [0.2, 0.25) is 0 Å². The Labute approximate surface area is 212 Å². The van der Waals surface area contributed by atoms with Gasteiger partial charge in [0, 0.05) is 24.5 Å². The lowest BCUT2D eigenvalue weighted by atomic mass is 10.0. The summed E-state index contributed by atoms with van der Waals surface area (Å²) >= 11 is 0. The van der Waals surface area contributed by atoms with E-state index in [-0.39, 0.29) is 19.2 Å². The third kappa shape index (κ3) is 5.48. The quantitative estimate of drug-likeness (QED) is 0.303. The van der Waals surface area contributed by atoms with Gasteiger partial charge in [0.05, 0.1) is 13.2 Å². The van der Waals surface area contributed by atoms with Crippen molar-refractivity contribution in [1.29, 1.82) is 0 Å². The molecule has 4 aromatic carbocycles. The predicted octanol–water partition coefficient (Wildman–Crippen LogP) is 6.48. The van der Waals surface area contributed by atoms with Gasteiger partial charge in [-0.1, -0.05) is 72.8 Å². The molecule has 0 aliphatic rings. The predicted molar refractivity (Wildman–Crippen MR) is 147 cm³/mol. The van der Waals surface area contributed by atoms with Crippen molar-refractivity contribution in [3.63, 3.8) is 0 Å². The standard InChI is InChI=1S/C31H32N2O3/c1-3-32(29-17-13-27(14-18-29)25-9-5-23(21-34)6-10-25)31(36)33(4-2)30-19-15-28(16-20-30)26-11-7-24(22-35)8-12-26/h5-20,34-35H,3-4,21-22H2,1-2H3. The second-order valence-electron chi connectivity index (χ2n) is 8.57. The van der Waals surface area contributed by atoms with Crippen LogP contribution in [0, 0.1) is 0 Å². The first kappa shape index (κ1) is 25.2. The fourth-order valence-corrected chi connectivity index (χ4v) is 4.28. The molecule has 0 spiro atoms. The molecule has 5 nitrogen and oxygen atoms in total. The summed E-state index contributed by atoms with van der Waals surface area (Å²) in [5.41, 5.74) is 7.69. The molecule has 0 fully saturated rings. The van der Waals surface area contributed by atoms with Crippen molar-refractivity contribution in [3.05, 3.63) is 108 Å². The molecule has 0 bridgehead atoms. The van der Waals surface area contributed by atoms with E-state index >= 15 is 0 Å². The topological polar surface area (TPSA) is 64.0 Å². The van der Waals surface area contributed by atoms with Crippen molar-refractivity contribution in [2.45, 2.75) is 27.1 Å². The van der Waals surface area contributed by atoms with Gasteiger partial charge in [-0.25, -0.2) is 4.79 Å². The Bertz CT molecular complexity index is 1160. The Morgan fingerprint density at radius 1 is 0.528 bits per heavy atom. The van der Waals surface area contributed by atoms with E-state index in [1.807, 2.05) is 111 Å². The van der Waals surface area contributed by atoms with Gasteiger partial charge in [-0.2, -0.15) is 0 Å². The van der Waals surface area contributed by atoms with Crippen LogP contribution in [0.1, 0.15) is 25.0 Å². The van der Waals surface area contributed by atoms with Crippen molar-refractivity contribution in [1.82, 2.24) is 0 Å². The van der Waals surface area contributed by atoms with Crippen molar-refractivity contribution < 1.29 is 15.0 Å². The largest absolute Gasteiger partial charge is 0.392 e. The molecule has 4 aromatic rings. The average Bonchev–Trinajstić information content (AvgIpc) is 2.95. The first-order valence-corrected chi connectivity index (χ1v) is 12.3. The highest BCUT2D eigenvalue weighted by molar-refractivity contribution is 6.03. The number of amides is 2. The molecule has 5 heteroatoms. The molecule has 0 aliphatic carbocycles. The molecule has 0 atom stereocenters. The van der Waals surface area contributed by atoms with E-state index in [9.17, 15) is 15.0 Å². The zero-order valence-corrected chi connectivity index (χ0v) is 20.8. The van der Waals surface area contributed by atoms with Crippen LogP contribution in [0.15, 0.2) is 97.1 Å². The van der Waals surface area contributed by atoms with Gasteiger partial charge in [-0.05, 0) is 71.5 Å². The van der Waals surface area contributed by atoms with E-state index in [0.717, 1.165) is 44.8 Å². The van der Waals surface area contributed by atoms with Crippen molar-refractivity contribution in [2.75, 3.05) is 22.9 Å². The lowest BCUT2D eigenvalue weighted by Crippen LogP contribution is -2.43. The number of nitrogens with zero attached hydrogens (tertiary/aromatic N) is 2. The van der Waals surface area contributed by atoms with Crippen LogP contribution in [-0.4, -0.2) is 29.3 Å². The van der Waals surface area contributed by atoms with Crippen LogP contribution in [-0.2, 0) is 13.2 Å². The minimum atomic E-state index is -0.0694. The van der Waals surface area contributed by atoms with E-state index in [4.69, 9.17) is 0 Å². The minimum absolute atomic E-state index is 0.0289. The Morgan fingerprint density at radius 3 is 1.06 bits per heavy atom. The third-order valence-electron chi connectivity index (χ3n) is 6.39. The average molecular weight is 481 g/mol. The maximum Gasteiger partial charge on any atom is 0.328 e. The van der Waals surface area contributed by atoms with Crippen LogP contribution in [0.4, 0.5) is 16.2 Å². The Hall–Kier alpha value is -3.93. The van der Waals surface area contributed by atoms with Gasteiger partial charge in [0.1, 0.15) is 0 Å². The molecule has 0 aliphatic heterocycles. The summed E-state index contributed by atoms with van der Waals surface area (Å²) in [6, 6.07) is 31.6. The Kier molecular flexibility index (Phi) is 8.16. The maximum atomic E-state index is 13.6. The van der Waals surface area contributed by atoms with Crippen LogP contribution in [0.25, 0.3) is 22.3 Å². The molecule has 0 aromatic heterocycles. The number of hydrogen-bond acceptors (Lipinski definition) is 3. The van der Waals surface area contributed by atoms with Crippen molar-refractivity contribution >= 4 is 17.4 Å². The SMILES string of the molecule is CCN(C(=O)N(CC)c1ccc(-c2ccc(CO)cc2)cc1)c1ccc(-c2ccc(CO)cc2)cc1. The van der Waals surface area contributed by atoms with E-state index < -0.39 is 0 Å². The molecule has 2 amide bonds. The number of carbonyl (C=O) groups excluding carboxylic acids is 1. The van der Waals surface area contributed by atoms with Crippen LogP contribution < -0.4 is 9.80 Å². The lowest BCUT2D eigenvalue weighted by Gasteiger charge is -2.29. The molecule has 0 heterocycles. The van der Waals surface area contributed by atoms with E-state index in [0.29, 0.717) is 13.1 Å². The number of aliphatic hydroxyl groups is 2. The van der Waals surface area contributed by atoms with Gasteiger partial charge >= 0.3 is 6.03 Å². The zero-order chi connectivity index (χ0) is 25.5. The fourth-order valence-electron chi connectivity index (χ4n) is 4.28.